The minimum absolute atomic E-state index is 0.249. The third kappa shape index (κ3) is 5.36. The zero-order valence-corrected chi connectivity index (χ0v) is 17.9. The van der Waals surface area contributed by atoms with Gasteiger partial charge in [-0.3, -0.25) is 4.99 Å². The number of methoxy groups -OCH3 is 2. The number of carbonyl (C=O) groups is 1. The lowest BCUT2D eigenvalue weighted by Crippen LogP contribution is -2.61. The van der Waals surface area contributed by atoms with Crippen molar-refractivity contribution in [1.29, 1.82) is 0 Å². The Morgan fingerprint density at radius 1 is 1.24 bits per heavy atom. The molecule has 3 N–H and O–H groups in total. The number of hydrogen-bond donors (Lipinski definition) is 3. The van der Waals surface area contributed by atoms with Crippen LogP contribution in [-0.4, -0.2) is 50.8 Å². The number of benzene rings is 2. The molecule has 0 amide bonds. The lowest BCUT2D eigenvalue weighted by molar-refractivity contribution is -0.345. The highest BCUT2D eigenvalue weighted by Gasteiger charge is 2.29. The third-order valence-electron chi connectivity index (χ3n) is 5.06. The highest BCUT2D eigenvalue weighted by Crippen LogP contribution is 2.29. The summed E-state index contributed by atoms with van der Waals surface area (Å²) >= 11 is 0. The molecular formula is C22H22F3N3O5. The zero-order valence-electron chi connectivity index (χ0n) is 17.9. The van der Waals surface area contributed by atoms with Crippen LogP contribution in [0.5, 0.6) is 17.2 Å². The first-order valence-electron chi connectivity index (χ1n) is 9.92. The molecular weight excluding hydrogens is 443 g/mol. The van der Waals surface area contributed by atoms with Crippen LogP contribution < -0.4 is 35.5 Å². The van der Waals surface area contributed by atoms with Crippen molar-refractivity contribution in [3.05, 3.63) is 40.4 Å². The number of carboxylic acids is 1. The number of aliphatic carboxylic acids is 1. The molecule has 0 aliphatic carbocycles. The van der Waals surface area contributed by atoms with E-state index < -0.39 is 12.1 Å². The van der Waals surface area contributed by atoms with Crippen LogP contribution in [0.25, 0.3) is 5.57 Å². The Bertz CT molecular complexity index is 1210. The summed E-state index contributed by atoms with van der Waals surface area (Å²) in [5.41, 5.74) is 3.81. The van der Waals surface area contributed by atoms with Crippen LogP contribution in [0.1, 0.15) is 12.0 Å². The standard InChI is InChI=1S/C20H21N3O3.C2HF3O2/c1-25-16-4-3-12(9-17(16)26-2)5-7-22-15-10-14-18-13(6-8-21-14)11-23-19(18)20(15)24;3-2(4,5)1(6)7/h3-4,9-11,22,24H,5-8H2,1-2H3;(H,6,7). The first kappa shape index (κ1) is 23.9. The second-order valence-electron chi connectivity index (χ2n) is 7.14. The van der Waals surface area contributed by atoms with Crippen molar-refractivity contribution < 1.29 is 42.6 Å². The molecule has 2 heterocycles. The van der Waals surface area contributed by atoms with Gasteiger partial charge in [-0.2, -0.15) is 13.2 Å². The normalized spacial score (nSPS) is 13.4. The van der Waals surface area contributed by atoms with Gasteiger partial charge in [0.1, 0.15) is 5.97 Å². The highest BCUT2D eigenvalue weighted by molar-refractivity contribution is 6.02. The lowest BCUT2D eigenvalue weighted by atomic mass is 10.1. The van der Waals surface area contributed by atoms with E-state index in [-0.39, 0.29) is 5.75 Å². The van der Waals surface area contributed by atoms with Crippen LogP contribution >= 0.6 is 0 Å². The number of hydrogen-bond acceptors (Lipinski definition) is 7. The molecule has 0 radical (unpaired) electrons. The average molecular weight is 465 g/mol. The molecule has 2 aromatic rings. The number of rotatable bonds is 6. The number of phenols is 1. The van der Waals surface area contributed by atoms with Crippen molar-refractivity contribution in [2.45, 2.75) is 19.0 Å². The summed E-state index contributed by atoms with van der Waals surface area (Å²) < 4.78 is 42.2. The molecule has 8 nitrogen and oxygen atoms in total. The number of ether oxygens (including phenoxy) is 2. The van der Waals surface area contributed by atoms with Crippen LogP contribution in [0.3, 0.4) is 0 Å². The SMILES string of the molecule is COc1ccc(CCNc2cc3c4c(c2O)[NH+]=CC=4CCN=3)cc1OC.O=C([O-])C(F)(F)F. The molecule has 0 spiro atoms. The molecule has 33 heavy (non-hydrogen) atoms. The fourth-order valence-electron chi connectivity index (χ4n) is 3.49. The van der Waals surface area contributed by atoms with E-state index in [1.165, 1.54) is 5.57 Å². The Labute approximate surface area is 186 Å². The first-order valence-corrected chi connectivity index (χ1v) is 9.92. The number of carboxylic acid groups (broad SMARTS) is 1. The van der Waals surface area contributed by atoms with Gasteiger partial charge in [0.15, 0.2) is 17.7 Å². The van der Waals surface area contributed by atoms with Crippen molar-refractivity contribution in [3.8, 4) is 17.2 Å². The fourth-order valence-corrected chi connectivity index (χ4v) is 3.49. The molecule has 0 saturated carbocycles. The van der Waals surface area contributed by atoms with Gasteiger partial charge in [0.05, 0.1) is 30.5 Å². The van der Waals surface area contributed by atoms with Crippen LogP contribution in [0.15, 0.2) is 29.3 Å². The minimum Gasteiger partial charge on any atom is -0.542 e. The van der Waals surface area contributed by atoms with Gasteiger partial charge in [-0.25, -0.2) is 4.99 Å². The predicted molar refractivity (Wildman–Crippen MR) is 111 cm³/mol. The highest BCUT2D eigenvalue weighted by atomic mass is 19.4. The quantitative estimate of drug-likeness (QED) is 0.488. The molecule has 0 aromatic heterocycles. The Balaban J connectivity index is 0.000000383. The molecule has 11 heteroatoms. The number of aromatic hydroxyl groups is 1. The maximum Gasteiger partial charge on any atom is 0.430 e. The van der Waals surface area contributed by atoms with Crippen LogP contribution in [0.4, 0.5) is 24.5 Å². The van der Waals surface area contributed by atoms with Crippen molar-refractivity contribution in [1.82, 2.24) is 0 Å². The smallest absolute Gasteiger partial charge is 0.430 e. The largest absolute Gasteiger partial charge is 0.542 e. The second-order valence-corrected chi connectivity index (χ2v) is 7.14. The van der Waals surface area contributed by atoms with E-state index in [1.807, 2.05) is 30.5 Å². The van der Waals surface area contributed by atoms with E-state index in [0.717, 1.165) is 52.7 Å². The van der Waals surface area contributed by atoms with E-state index in [2.05, 4.69) is 15.3 Å². The molecule has 2 aliphatic rings. The third-order valence-corrected chi connectivity index (χ3v) is 5.06. The van der Waals surface area contributed by atoms with Gasteiger partial charge in [-0.15, -0.1) is 0 Å². The summed E-state index contributed by atoms with van der Waals surface area (Å²) in [7, 11) is 3.26. The Morgan fingerprint density at radius 2 is 1.94 bits per heavy atom. The van der Waals surface area contributed by atoms with E-state index in [1.54, 1.807) is 14.2 Å². The Morgan fingerprint density at radius 3 is 2.58 bits per heavy atom. The first-order chi connectivity index (χ1) is 15.7. The maximum absolute atomic E-state index is 10.6. The average Bonchev–Trinajstić information content (AvgIpc) is 3.22. The molecule has 0 fully saturated rings. The van der Waals surface area contributed by atoms with Crippen LogP contribution in [0.2, 0.25) is 0 Å². The molecule has 0 saturated heterocycles. The van der Waals surface area contributed by atoms with E-state index in [0.29, 0.717) is 12.2 Å². The summed E-state index contributed by atoms with van der Waals surface area (Å²) in [6.07, 6.45) is -1.52. The monoisotopic (exact) mass is 465 g/mol. The molecule has 4 rings (SSSR count). The van der Waals surface area contributed by atoms with Gasteiger partial charge in [0.25, 0.3) is 5.69 Å². The van der Waals surface area contributed by atoms with Crippen molar-refractivity contribution in [3.63, 3.8) is 0 Å². The van der Waals surface area contributed by atoms with Crippen LogP contribution in [-0.2, 0) is 11.2 Å². The molecule has 0 bridgehead atoms. The molecule has 0 atom stereocenters. The topological polar surface area (TPSA) is 117 Å². The van der Waals surface area contributed by atoms with Crippen molar-refractivity contribution >= 4 is 29.1 Å². The van der Waals surface area contributed by atoms with Gasteiger partial charge >= 0.3 is 6.18 Å². The van der Waals surface area contributed by atoms with E-state index >= 15 is 0 Å². The van der Waals surface area contributed by atoms with Crippen LogP contribution in [0, 0.1) is 0 Å². The number of phenolic OH excluding ortho intramolecular Hbond substituents is 1. The summed E-state index contributed by atoms with van der Waals surface area (Å²) in [5, 5.41) is 24.7. The van der Waals surface area contributed by atoms with Gasteiger partial charge in [-0.05, 0) is 36.6 Å². The second kappa shape index (κ2) is 9.80. The van der Waals surface area contributed by atoms with Crippen molar-refractivity contribution in [2.24, 2.45) is 4.99 Å². The van der Waals surface area contributed by atoms with Crippen molar-refractivity contribution in [2.75, 3.05) is 32.6 Å². The lowest BCUT2D eigenvalue weighted by Gasteiger charge is -2.12. The summed E-state index contributed by atoms with van der Waals surface area (Å²) in [6, 6.07) is 7.83. The number of halogens is 3. The number of alkyl halides is 3. The molecule has 2 aliphatic heterocycles. The molecule has 2 aromatic carbocycles. The molecule has 0 unspecified atom stereocenters. The fraction of sp³-hybridized carbons (Fsp3) is 0.318. The summed E-state index contributed by atoms with van der Waals surface area (Å²) in [4.78, 5) is 16.6. The van der Waals surface area contributed by atoms with Gasteiger partial charge in [-0.1, -0.05) is 6.07 Å². The number of anilines is 1. The van der Waals surface area contributed by atoms with Gasteiger partial charge < -0.3 is 29.8 Å². The van der Waals surface area contributed by atoms with E-state index in [4.69, 9.17) is 19.4 Å². The van der Waals surface area contributed by atoms with Gasteiger partial charge in [0.2, 0.25) is 5.75 Å². The van der Waals surface area contributed by atoms with Gasteiger partial charge in [0, 0.05) is 18.7 Å². The zero-order chi connectivity index (χ0) is 24.2. The number of nitrogens with one attached hydrogen (secondary N) is 2. The Kier molecular flexibility index (Phi) is 7.10. The van der Waals surface area contributed by atoms with E-state index in [9.17, 15) is 18.3 Å². The number of nitrogens with zero attached hydrogens (tertiary/aromatic N) is 1. The summed E-state index contributed by atoms with van der Waals surface area (Å²) in [5.74, 6) is -1.32. The minimum atomic E-state index is -5.19. The summed E-state index contributed by atoms with van der Waals surface area (Å²) in [6.45, 7) is 1.47. The Hall–Kier alpha value is -3.76. The maximum atomic E-state index is 10.6. The number of carbonyl (C=O) groups excluding carboxylic acids is 1. The molecule has 176 valence electrons. The predicted octanol–water partition coefficient (Wildman–Crippen LogP) is -0.667.